The fourth-order valence-electron chi connectivity index (χ4n) is 2.27. The van der Waals surface area contributed by atoms with Crippen molar-refractivity contribution in [1.82, 2.24) is 0 Å². The number of allylic oxidation sites excluding steroid dienone is 2. The van der Waals surface area contributed by atoms with Crippen LogP contribution in [0.1, 0.15) is 51.7 Å². The van der Waals surface area contributed by atoms with Crippen molar-refractivity contribution in [3.8, 4) is 0 Å². The first-order chi connectivity index (χ1) is 10.8. The predicted molar refractivity (Wildman–Crippen MR) is 95.0 cm³/mol. The van der Waals surface area contributed by atoms with E-state index in [4.69, 9.17) is 5.73 Å². The van der Waals surface area contributed by atoms with E-state index in [-0.39, 0.29) is 11.7 Å². The average molecular weight is 320 g/mol. The summed E-state index contributed by atoms with van der Waals surface area (Å²) in [5, 5.41) is 0. The van der Waals surface area contributed by atoms with Crippen LogP contribution < -0.4 is 5.73 Å². The van der Waals surface area contributed by atoms with Gasteiger partial charge in [0.2, 0.25) is 0 Å². The average Bonchev–Trinajstić information content (AvgIpc) is 2.50. The van der Waals surface area contributed by atoms with E-state index in [1.165, 1.54) is 25.4 Å². The lowest BCUT2D eigenvalue weighted by molar-refractivity contribution is 0.421. The number of alkyl halides is 1. The molecule has 1 atom stereocenters. The number of hydrogen-bond donors (Lipinski definition) is 1. The zero-order valence-electron chi connectivity index (χ0n) is 14.5. The van der Waals surface area contributed by atoms with Gasteiger partial charge in [0.25, 0.3) is 0 Å². The van der Waals surface area contributed by atoms with E-state index in [1.807, 2.05) is 33.8 Å². The highest BCUT2D eigenvalue weighted by atomic mass is 19.1. The summed E-state index contributed by atoms with van der Waals surface area (Å²) in [6.45, 7) is 9.93. The Hall–Kier alpha value is -1.97. The van der Waals surface area contributed by atoms with Crippen LogP contribution in [0.2, 0.25) is 0 Å². The zero-order valence-corrected chi connectivity index (χ0v) is 14.5. The van der Waals surface area contributed by atoms with Gasteiger partial charge in [-0.05, 0) is 61.1 Å². The van der Waals surface area contributed by atoms with Gasteiger partial charge in [-0.15, -0.1) is 0 Å². The normalized spacial score (nSPS) is 15.2. The zero-order chi connectivity index (χ0) is 17.6. The highest BCUT2D eigenvalue weighted by Crippen LogP contribution is 2.28. The van der Waals surface area contributed by atoms with E-state index in [0.717, 1.165) is 22.3 Å². The van der Waals surface area contributed by atoms with Gasteiger partial charge in [-0.3, -0.25) is 4.99 Å². The Balaban J connectivity index is 3.05. The molecular weight excluding hydrogens is 294 g/mol. The quantitative estimate of drug-likeness (QED) is 0.735. The molecule has 0 saturated heterocycles. The number of halogens is 2. The Labute approximate surface area is 137 Å². The summed E-state index contributed by atoms with van der Waals surface area (Å²) in [4.78, 5) is 4.26. The maximum atomic E-state index is 13.5. The van der Waals surface area contributed by atoms with Gasteiger partial charge in [0.05, 0.1) is 6.54 Å². The number of rotatable bonds is 6. The molecule has 0 saturated carbocycles. The fourth-order valence-corrected chi connectivity index (χ4v) is 2.27. The molecule has 0 aliphatic heterocycles. The topological polar surface area (TPSA) is 38.4 Å². The van der Waals surface area contributed by atoms with Crippen molar-refractivity contribution in [2.45, 2.75) is 46.7 Å². The molecule has 4 heteroatoms. The fraction of sp³-hybridized carbons (Fsp3) is 0.421. The first-order valence-electron chi connectivity index (χ1n) is 7.79. The number of nitrogens with two attached hydrogens (primary N) is 1. The number of hydrogen-bond acceptors (Lipinski definition) is 2. The molecule has 126 valence electrons. The van der Waals surface area contributed by atoms with Crippen LogP contribution in [0.4, 0.5) is 8.78 Å². The van der Waals surface area contributed by atoms with Crippen molar-refractivity contribution in [3.63, 3.8) is 0 Å². The molecule has 0 aromatic heterocycles. The van der Waals surface area contributed by atoms with Crippen LogP contribution in [0, 0.1) is 5.82 Å². The molecule has 0 fully saturated rings. The third kappa shape index (κ3) is 5.31. The van der Waals surface area contributed by atoms with E-state index in [2.05, 4.69) is 4.99 Å². The smallest absolute Gasteiger partial charge is 0.125 e. The highest BCUT2D eigenvalue weighted by Gasteiger charge is 2.11. The summed E-state index contributed by atoms with van der Waals surface area (Å²) in [5.41, 5.74) is 9.86. The monoisotopic (exact) mass is 320 g/mol. The van der Waals surface area contributed by atoms with Crippen molar-refractivity contribution in [1.29, 1.82) is 0 Å². The van der Waals surface area contributed by atoms with Gasteiger partial charge >= 0.3 is 0 Å². The summed E-state index contributed by atoms with van der Waals surface area (Å²) in [6.07, 6.45) is 1.56. The van der Waals surface area contributed by atoms with E-state index in [0.29, 0.717) is 12.1 Å². The van der Waals surface area contributed by atoms with Crippen molar-refractivity contribution in [2.24, 2.45) is 10.7 Å². The predicted octanol–water partition coefficient (Wildman–Crippen LogP) is 5.01. The van der Waals surface area contributed by atoms with E-state index >= 15 is 0 Å². The number of nitrogens with zero attached hydrogens (tertiary/aromatic N) is 1. The highest BCUT2D eigenvalue weighted by molar-refractivity contribution is 5.80. The van der Waals surface area contributed by atoms with Gasteiger partial charge < -0.3 is 5.73 Å². The number of benzene rings is 1. The molecule has 1 aromatic carbocycles. The molecule has 23 heavy (non-hydrogen) atoms. The summed E-state index contributed by atoms with van der Waals surface area (Å²) in [7, 11) is 0. The third-order valence-corrected chi connectivity index (χ3v) is 3.90. The molecule has 1 rings (SSSR count). The van der Waals surface area contributed by atoms with Gasteiger partial charge in [-0.1, -0.05) is 19.9 Å². The van der Waals surface area contributed by atoms with Crippen molar-refractivity contribution >= 4 is 11.8 Å². The molecule has 0 bridgehead atoms. The molecule has 1 unspecified atom stereocenters. The maximum Gasteiger partial charge on any atom is 0.125 e. The molecule has 0 radical (unpaired) electrons. The van der Waals surface area contributed by atoms with Crippen molar-refractivity contribution < 1.29 is 8.78 Å². The SMILES string of the molecule is C/C(CN=CC(=CN)C(C)F)=C(\C)c1ccc(F)cc1C(C)C. The Kier molecular flexibility index (Phi) is 7.14. The molecular formula is C19H26F2N2. The molecule has 0 spiro atoms. The standard InChI is InChI=1S/C19H26F2N2/c1-12(2)19-8-17(21)6-7-18(19)14(4)13(3)10-23-11-16(9-22)15(5)20/h6-9,11-12,15H,10,22H2,1-5H3/b14-13-,16-9?,23-11?. The lowest BCUT2D eigenvalue weighted by Crippen LogP contribution is -2.04. The summed E-state index contributed by atoms with van der Waals surface area (Å²) >= 11 is 0. The first kappa shape index (κ1) is 19.1. The van der Waals surface area contributed by atoms with Gasteiger partial charge in [0.1, 0.15) is 12.0 Å². The molecule has 0 heterocycles. The summed E-state index contributed by atoms with van der Waals surface area (Å²) in [5.74, 6) is 0.00157. The Morgan fingerprint density at radius 3 is 2.43 bits per heavy atom. The maximum absolute atomic E-state index is 13.5. The Morgan fingerprint density at radius 2 is 1.91 bits per heavy atom. The van der Waals surface area contributed by atoms with E-state index in [9.17, 15) is 8.78 Å². The second-order valence-electron chi connectivity index (χ2n) is 6.04. The van der Waals surface area contributed by atoms with Crippen LogP contribution in [0.25, 0.3) is 5.57 Å². The lowest BCUT2D eigenvalue weighted by atomic mass is 9.91. The molecule has 0 aliphatic carbocycles. The van der Waals surface area contributed by atoms with Crippen LogP contribution in [0.3, 0.4) is 0 Å². The first-order valence-corrected chi connectivity index (χ1v) is 7.79. The van der Waals surface area contributed by atoms with Crippen LogP contribution in [0.5, 0.6) is 0 Å². The Morgan fingerprint density at radius 1 is 1.26 bits per heavy atom. The second-order valence-corrected chi connectivity index (χ2v) is 6.04. The van der Waals surface area contributed by atoms with Crippen molar-refractivity contribution in [3.05, 3.63) is 52.5 Å². The minimum Gasteiger partial charge on any atom is -0.404 e. The van der Waals surface area contributed by atoms with Crippen LogP contribution in [-0.4, -0.2) is 18.9 Å². The van der Waals surface area contributed by atoms with E-state index in [1.54, 1.807) is 6.07 Å². The van der Waals surface area contributed by atoms with E-state index < -0.39 is 6.17 Å². The van der Waals surface area contributed by atoms with Crippen molar-refractivity contribution in [2.75, 3.05) is 6.54 Å². The minimum absolute atomic E-state index is 0.226. The largest absolute Gasteiger partial charge is 0.404 e. The van der Waals surface area contributed by atoms with Crippen LogP contribution in [-0.2, 0) is 0 Å². The molecule has 0 amide bonds. The van der Waals surface area contributed by atoms with Gasteiger partial charge in [0.15, 0.2) is 0 Å². The molecule has 2 N–H and O–H groups in total. The second kappa shape index (κ2) is 8.61. The van der Waals surface area contributed by atoms with Gasteiger partial charge in [0, 0.05) is 18.0 Å². The summed E-state index contributed by atoms with van der Waals surface area (Å²) in [6, 6.07) is 4.86. The Bertz CT molecular complexity index is 626. The minimum atomic E-state index is -1.14. The summed E-state index contributed by atoms with van der Waals surface area (Å²) < 4.78 is 26.7. The molecule has 1 aromatic rings. The lowest BCUT2D eigenvalue weighted by Gasteiger charge is -2.15. The number of aliphatic imine (C=N–C) groups is 1. The van der Waals surface area contributed by atoms with Crippen LogP contribution in [0.15, 0.2) is 40.5 Å². The van der Waals surface area contributed by atoms with Gasteiger partial charge in [-0.2, -0.15) is 0 Å². The molecule has 2 nitrogen and oxygen atoms in total. The van der Waals surface area contributed by atoms with Gasteiger partial charge in [-0.25, -0.2) is 8.78 Å². The van der Waals surface area contributed by atoms with Crippen LogP contribution >= 0.6 is 0 Å². The molecule has 0 aliphatic rings. The third-order valence-electron chi connectivity index (χ3n) is 3.90.